The predicted molar refractivity (Wildman–Crippen MR) is 60.9 cm³/mol. The minimum absolute atomic E-state index is 0.0931. The van der Waals surface area contributed by atoms with Gasteiger partial charge in [-0.25, -0.2) is 4.79 Å². The zero-order valence-corrected chi connectivity index (χ0v) is 9.81. The van der Waals surface area contributed by atoms with E-state index < -0.39 is 11.5 Å². The molecule has 0 atom stereocenters. The maximum atomic E-state index is 11.8. The van der Waals surface area contributed by atoms with Crippen LogP contribution in [0.1, 0.15) is 18.5 Å². The molecule has 2 rings (SSSR count). The van der Waals surface area contributed by atoms with Crippen LogP contribution < -0.4 is 5.32 Å². The van der Waals surface area contributed by atoms with Crippen LogP contribution in [0.4, 0.5) is 0 Å². The number of nitrogens with one attached hydrogen (secondary N) is 2. The second kappa shape index (κ2) is 5.18. The number of hydrogen-bond acceptors (Lipinski definition) is 4. The number of hydrogen-bond donors (Lipinski definition) is 3. The van der Waals surface area contributed by atoms with Gasteiger partial charge >= 0.3 is 5.97 Å². The number of nitrogens with zero attached hydrogens (tertiary/aromatic N) is 1. The molecule has 7 heteroatoms. The van der Waals surface area contributed by atoms with Crippen LogP contribution in [0.15, 0.2) is 12.3 Å². The summed E-state index contributed by atoms with van der Waals surface area (Å²) in [6, 6.07) is 1.68. The van der Waals surface area contributed by atoms with E-state index in [1.54, 1.807) is 12.3 Å². The van der Waals surface area contributed by atoms with E-state index in [4.69, 9.17) is 4.74 Å². The maximum absolute atomic E-state index is 11.8. The lowest BCUT2D eigenvalue weighted by atomic mass is 9.90. The molecule has 3 N–H and O–H groups in total. The highest BCUT2D eigenvalue weighted by Crippen LogP contribution is 2.21. The Balaban J connectivity index is 2.00. The van der Waals surface area contributed by atoms with Gasteiger partial charge in [-0.05, 0) is 6.07 Å². The van der Waals surface area contributed by atoms with E-state index >= 15 is 0 Å². The van der Waals surface area contributed by atoms with Crippen LogP contribution in [0.3, 0.4) is 0 Å². The Kier molecular flexibility index (Phi) is 3.61. The lowest BCUT2D eigenvalue weighted by Crippen LogP contribution is -2.57. The van der Waals surface area contributed by atoms with Crippen LogP contribution in [-0.4, -0.2) is 45.9 Å². The van der Waals surface area contributed by atoms with Gasteiger partial charge in [0.05, 0.1) is 6.42 Å². The normalized spacial score (nSPS) is 18.2. The van der Waals surface area contributed by atoms with E-state index in [9.17, 15) is 14.7 Å². The van der Waals surface area contributed by atoms with Crippen molar-refractivity contribution in [3.05, 3.63) is 18.0 Å². The molecule has 7 nitrogen and oxygen atoms in total. The first-order valence-electron chi connectivity index (χ1n) is 5.73. The second-order valence-electron chi connectivity index (χ2n) is 4.31. The van der Waals surface area contributed by atoms with Crippen molar-refractivity contribution in [3.8, 4) is 0 Å². The van der Waals surface area contributed by atoms with Crippen molar-refractivity contribution in [1.29, 1.82) is 0 Å². The Morgan fingerprint density at radius 3 is 2.78 bits per heavy atom. The van der Waals surface area contributed by atoms with E-state index in [1.807, 2.05) is 0 Å². The van der Waals surface area contributed by atoms with Gasteiger partial charge in [-0.3, -0.25) is 9.89 Å². The lowest BCUT2D eigenvalue weighted by Gasteiger charge is -2.33. The van der Waals surface area contributed by atoms with E-state index in [-0.39, 0.29) is 25.2 Å². The molecule has 0 aromatic carbocycles. The Bertz CT molecular complexity index is 424. The number of rotatable bonds is 4. The first-order chi connectivity index (χ1) is 8.62. The highest BCUT2D eigenvalue weighted by molar-refractivity contribution is 5.87. The van der Waals surface area contributed by atoms with Crippen molar-refractivity contribution < 1.29 is 19.4 Å². The summed E-state index contributed by atoms with van der Waals surface area (Å²) in [5.41, 5.74) is -0.546. The molecule has 1 aliphatic rings. The van der Waals surface area contributed by atoms with Gasteiger partial charge in [-0.15, -0.1) is 0 Å². The van der Waals surface area contributed by atoms with Gasteiger partial charge in [0.1, 0.15) is 5.54 Å². The molecule has 0 unspecified atom stereocenters. The van der Waals surface area contributed by atoms with Crippen molar-refractivity contribution in [1.82, 2.24) is 15.5 Å². The molecule has 1 saturated heterocycles. The number of ether oxygens (including phenoxy) is 1. The van der Waals surface area contributed by atoms with Crippen LogP contribution in [-0.2, 0) is 20.7 Å². The Hall–Kier alpha value is -1.89. The smallest absolute Gasteiger partial charge is 0.329 e. The van der Waals surface area contributed by atoms with Crippen molar-refractivity contribution in [2.24, 2.45) is 0 Å². The minimum Gasteiger partial charge on any atom is -0.480 e. The van der Waals surface area contributed by atoms with E-state index in [1.165, 1.54) is 0 Å². The summed E-state index contributed by atoms with van der Waals surface area (Å²) in [6.45, 7) is 0.688. The molecule has 2 heterocycles. The predicted octanol–water partition coefficient (Wildman–Crippen LogP) is -0.298. The fraction of sp³-hybridized carbons (Fsp3) is 0.545. The third-order valence-corrected chi connectivity index (χ3v) is 3.04. The van der Waals surface area contributed by atoms with Crippen LogP contribution in [0.5, 0.6) is 0 Å². The zero-order valence-electron chi connectivity index (χ0n) is 9.81. The van der Waals surface area contributed by atoms with Crippen molar-refractivity contribution >= 4 is 11.9 Å². The van der Waals surface area contributed by atoms with Gasteiger partial charge in [0.25, 0.3) is 0 Å². The Labute approximate surface area is 104 Å². The molecule has 0 radical (unpaired) electrons. The number of carbonyl (C=O) groups excluding carboxylic acids is 1. The Morgan fingerprint density at radius 1 is 1.50 bits per heavy atom. The summed E-state index contributed by atoms with van der Waals surface area (Å²) in [4.78, 5) is 23.1. The molecular formula is C11H15N3O4. The molecule has 0 aliphatic carbocycles. The first kappa shape index (κ1) is 12.6. The van der Waals surface area contributed by atoms with Crippen LogP contribution in [0.2, 0.25) is 0 Å². The van der Waals surface area contributed by atoms with Gasteiger partial charge in [0.2, 0.25) is 5.91 Å². The average molecular weight is 253 g/mol. The monoisotopic (exact) mass is 253 g/mol. The molecule has 1 aromatic heterocycles. The summed E-state index contributed by atoms with van der Waals surface area (Å²) in [7, 11) is 0. The molecule has 1 aliphatic heterocycles. The van der Waals surface area contributed by atoms with Crippen LogP contribution >= 0.6 is 0 Å². The first-order valence-corrected chi connectivity index (χ1v) is 5.73. The van der Waals surface area contributed by atoms with Gasteiger partial charge in [-0.2, -0.15) is 5.10 Å². The molecule has 1 amide bonds. The maximum Gasteiger partial charge on any atom is 0.329 e. The molecule has 1 fully saturated rings. The number of H-pyrrole nitrogens is 1. The number of carboxylic acids is 1. The standard InChI is InChI=1S/C11H15N3O4/c15-9(7-8-1-4-12-14-8)13-11(10(16)17)2-5-18-6-3-11/h1,4H,2-3,5-7H2,(H,12,14)(H,13,15)(H,16,17). The largest absolute Gasteiger partial charge is 0.480 e. The van der Waals surface area contributed by atoms with Gasteiger partial charge in [-0.1, -0.05) is 0 Å². The number of aliphatic carboxylic acids is 1. The van der Waals surface area contributed by atoms with E-state index in [2.05, 4.69) is 15.5 Å². The number of aromatic amines is 1. The molecule has 98 valence electrons. The average Bonchev–Trinajstić information content (AvgIpc) is 2.82. The van der Waals surface area contributed by atoms with E-state index in [0.29, 0.717) is 18.9 Å². The van der Waals surface area contributed by atoms with E-state index in [0.717, 1.165) is 0 Å². The number of carbonyl (C=O) groups is 2. The third kappa shape index (κ3) is 2.67. The molecule has 18 heavy (non-hydrogen) atoms. The molecular weight excluding hydrogens is 238 g/mol. The summed E-state index contributed by atoms with van der Waals surface area (Å²) in [6.07, 6.45) is 2.22. The van der Waals surface area contributed by atoms with Crippen molar-refractivity contribution in [2.45, 2.75) is 24.8 Å². The number of aromatic nitrogens is 2. The summed E-state index contributed by atoms with van der Waals surface area (Å²) < 4.78 is 5.13. The van der Waals surface area contributed by atoms with Crippen LogP contribution in [0, 0.1) is 0 Å². The fourth-order valence-corrected chi connectivity index (χ4v) is 1.98. The Morgan fingerprint density at radius 2 is 2.22 bits per heavy atom. The molecule has 1 aromatic rings. The molecule has 0 spiro atoms. The SMILES string of the molecule is O=C(Cc1ccn[nH]1)NC1(C(=O)O)CCOCC1. The lowest BCUT2D eigenvalue weighted by molar-refractivity contribution is -0.152. The summed E-state index contributed by atoms with van der Waals surface area (Å²) in [5.74, 6) is -1.34. The van der Waals surface area contributed by atoms with Gasteiger partial charge in [0, 0.05) is 37.9 Å². The van der Waals surface area contributed by atoms with Gasteiger partial charge < -0.3 is 15.2 Å². The fourth-order valence-electron chi connectivity index (χ4n) is 1.98. The summed E-state index contributed by atoms with van der Waals surface area (Å²) >= 11 is 0. The minimum atomic E-state index is -1.20. The second-order valence-corrected chi connectivity index (χ2v) is 4.31. The molecule has 0 bridgehead atoms. The third-order valence-electron chi connectivity index (χ3n) is 3.04. The summed E-state index contributed by atoms with van der Waals surface area (Å²) in [5, 5.41) is 18.3. The van der Waals surface area contributed by atoms with Crippen molar-refractivity contribution in [2.75, 3.05) is 13.2 Å². The number of amides is 1. The highest BCUT2D eigenvalue weighted by atomic mass is 16.5. The topological polar surface area (TPSA) is 104 Å². The van der Waals surface area contributed by atoms with Crippen molar-refractivity contribution in [3.63, 3.8) is 0 Å². The molecule has 0 saturated carbocycles. The zero-order chi connectivity index (χ0) is 13.0. The van der Waals surface area contributed by atoms with Gasteiger partial charge in [0.15, 0.2) is 0 Å². The quantitative estimate of drug-likeness (QED) is 0.683. The van der Waals surface area contributed by atoms with Crippen LogP contribution in [0.25, 0.3) is 0 Å². The number of carboxylic acid groups (broad SMARTS) is 1. The highest BCUT2D eigenvalue weighted by Gasteiger charge is 2.41.